The number of nitro groups is 1. The molecule has 0 atom stereocenters. The number of benzene rings is 1. The monoisotopic (exact) mass is 402 g/mol. The lowest BCUT2D eigenvalue weighted by Gasteiger charge is -2.56. The molecule has 28 heavy (non-hydrogen) atoms. The number of nitrogens with zero attached hydrogens (tertiary/aromatic N) is 3. The predicted molar refractivity (Wildman–Crippen MR) is 102 cm³/mol. The van der Waals surface area contributed by atoms with Gasteiger partial charge in [-0.15, -0.1) is 0 Å². The highest BCUT2D eigenvalue weighted by atomic mass is 32.2. The molecule has 0 spiro atoms. The number of hydrogen-bond donors (Lipinski definition) is 1. The lowest BCUT2D eigenvalue weighted by Crippen LogP contribution is -2.52. The van der Waals surface area contributed by atoms with Crippen molar-refractivity contribution in [2.24, 2.45) is 17.8 Å². The van der Waals surface area contributed by atoms with Gasteiger partial charge in [0, 0.05) is 24.4 Å². The van der Waals surface area contributed by atoms with Crippen molar-refractivity contribution >= 4 is 21.5 Å². The molecule has 4 bridgehead atoms. The second kappa shape index (κ2) is 6.04. The molecule has 1 aromatic carbocycles. The molecular weight excluding hydrogens is 380 g/mol. The predicted octanol–water partition coefficient (Wildman–Crippen LogP) is 3.52. The fourth-order valence-corrected chi connectivity index (χ4v) is 6.93. The highest BCUT2D eigenvalue weighted by molar-refractivity contribution is 7.92. The van der Waals surface area contributed by atoms with Crippen molar-refractivity contribution < 1.29 is 13.3 Å². The van der Waals surface area contributed by atoms with Crippen molar-refractivity contribution in [3.8, 4) is 0 Å². The molecule has 4 aliphatic carbocycles. The van der Waals surface area contributed by atoms with Gasteiger partial charge >= 0.3 is 0 Å². The molecule has 1 N–H and O–H groups in total. The Bertz CT molecular complexity index is 993. The lowest BCUT2D eigenvalue weighted by molar-refractivity contribution is -0.384. The van der Waals surface area contributed by atoms with E-state index < -0.39 is 14.9 Å². The van der Waals surface area contributed by atoms with Crippen LogP contribution in [0, 0.1) is 27.9 Å². The smallest absolute Gasteiger partial charge is 0.264 e. The average molecular weight is 402 g/mol. The van der Waals surface area contributed by atoms with Gasteiger partial charge in [0.25, 0.3) is 15.7 Å². The van der Waals surface area contributed by atoms with Gasteiger partial charge in [0.2, 0.25) is 0 Å². The molecule has 6 rings (SSSR count). The molecule has 2 aromatic rings. The first-order chi connectivity index (χ1) is 13.3. The largest absolute Gasteiger partial charge is 0.269 e. The van der Waals surface area contributed by atoms with Crippen LogP contribution in [0.25, 0.3) is 0 Å². The van der Waals surface area contributed by atoms with E-state index >= 15 is 0 Å². The Kier molecular flexibility index (Phi) is 3.81. The van der Waals surface area contributed by atoms with Crippen LogP contribution in [0.5, 0.6) is 0 Å². The quantitative estimate of drug-likeness (QED) is 0.608. The zero-order chi connectivity index (χ0) is 19.5. The molecular formula is C19H22N4O4S. The third-order valence-electron chi connectivity index (χ3n) is 6.68. The zero-order valence-corrected chi connectivity index (χ0v) is 16.1. The maximum absolute atomic E-state index is 12.6. The molecule has 0 radical (unpaired) electrons. The molecule has 9 heteroatoms. The Morgan fingerprint density at radius 2 is 1.61 bits per heavy atom. The van der Waals surface area contributed by atoms with Crippen LogP contribution in [0.1, 0.15) is 38.5 Å². The van der Waals surface area contributed by atoms with Crippen LogP contribution in [-0.2, 0) is 15.6 Å². The van der Waals surface area contributed by atoms with Crippen LogP contribution >= 0.6 is 0 Å². The minimum atomic E-state index is -3.85. The number of anilines is 1. The Morgan fingerprint density at radius 1 is 1.04 bits per heavy atom. The molecule has 0 aliphatic heterocycles. The second-order valence-corrected chi connectivity index (χ2v) is 10.3. The highest BCUT2D eigenvalue weighted by Gasteiger charge is 2.52. The highest BCUT2D eigenvalue weighted by Crippen LogP contribution is 2.58. The van der Waals surface area contributed by atoms with E-state index in [9.17, 15) is 18.5 Å². The van der Waals surface area contributed by atoms with Crippen molar-refractivity contribution in [2.75, 3.05) is 4.72 Å². The zero-order valence-electron chi connectivity index (χ0n) is 15.3. The summed E-state index contributed by atoms with van der Waals surface area (Å²) < 4.78 is 29.7. The first kappa shape index (κ1) is 17.7. The van der Waals surface area contributed by atoms with Gasteiger partial charge in [-0.1, -0.05) is 0 Å². The minimum absolute atomic E-state index is 0.0255. The molecule has 148 valence electrons. The van der Waals surface area contributed by atoms with Gasteiger partial charge in [0.15, 0.2) is 5.82 Å². The number of sulfonamides is 1. The first-order valence-electron chi connectivity index (χ1n) is 9.66. The van der Waals surface area contributed by atoms with E-state index in [4.69, 9.17) is 0 Å². The standard InChI is InChI=1S/C19H22N4O4S/c24-23(25)16-1-3-17(4-2-16)28(26,27)21-18-5-6-22(20-18)19-10-13-7-14(11-19)9-15(8-13)12-19/h1-6,13-15H,7-12H2,(H,20,21). The van der Waals surface area contributed by atoms with Crippen LogP contribution in [0.2, 0.25) is 0 Å². The normalized spacial score (nSPS) is 31.1. The molecule has 1 aromatic heterocycles. The molecule has 4 saturated carbocycles. The van der Waals surface area contributed by atoms with Crippen LogP contribution in [0.3, 0.4) is 0 Å². The molecule has 4 fully saturated rings. The van der Waals surface area contributed by atoms with Gasteiger partial charge in [0.05, 0.1) is 15.4 Å². The molecule has 4 aliphatic rings. The maximum atomic E-state index is 12.6. The number of rotatable bonds is 5. The maximum Gasteiger partial charge on any atom is 0.269 e. The number of aromatic nitrogens is 2. The Hall–Kier alpha value is -2.42. The summed E-state index contributed by atoms with van der Waals surface area (Å²) in [5.41, 5.74) is -0.115. The summed E-state index contributed by atoms with van der Waals surface area (Å²) in [4.78, 5) is 10.2. The van der Waals surface area contributed by atoms with E-state index in [1.54, 1.807) is 6.07 Å². The number of hydrogen-bond acceptors (Lipinski definition) is 5. The summed E-state index contributed by atoms with van der Waals surface area (Å²) >= 11 is 0. The van der Waals surface area contributed by atoms with Gasteiger partial charge in [-0.05, 0) is 68.4 Å². The van der Waals surface area contributed by atoms with Gasteiger partial charge in [-0.25, -0.2) is 8.42 Å². The second-order valence-electron chi connectivity index (χ2n) is 8.64. The van der Waals surface area contributed by atoms with Crippen LogP contribution in [0.4, 0.5) is 11.5 Å². The Morgan fingerprint density at radius 3 is 2.14 bits per heavy atom. The summed E-state index contributed by atoms with van der Waals surface area (Å²) in [7, 11) is -3.85. The van der Waals surface area contributed by atoms with E-state index in [1.807, 2.05) is 10.9 Å². The third kappa shape index (κ3) is 2.88. The van der Waals surface area contributed by atoms with Crippen LogP contribution in [-0.4, -0.2) is 23.1 Å². The summed E-state index contributed by atoms with van der Waals surface area (Å²) in [5.74, 6) is 2.61. The third-order valence-corrected chi connectivity index (χ3v) is 8.05. The minimum Gasteiger partial charge on any atom is -0.264 e. The Balaban J connectivity index is 1.37. The van der Waals surface area contributed by atoms with Gasteiger partial charge in [-0.3, -0.25) is 19.5 Å². The SMILES string of the molecule is O=[N+]([O-])c1ccc(S(=O)(=O)Nc2ccn(C34CC5CC(CC(C5)C3)C4)n2)cc1. The van der Waals surface area contributed by atoms with Crippen molar-refractivity contribution in [2.45, 2.75) is 49.0 Å². The molecule has 0 amide bonds. The van der Waals surface area contributed by atoms with Crippen molar-refractivity contribution in [3.63, 3.8) is 0 Å². The van der Waals surface area contributed by atoms with E-state index in [-0.39, 0.29) is 21.9 Å². The van der Waals surface area contributed by atoms with Gasteiger partial charge < -0.3 is 0 Å². The van der Waals surface area contributed by atoms with E-state index in [0.717, 1.165) is 37.0 Å². The summed E-state index contributed by atoms with van der Waals surface area (Å²) in [6, 6.07) is 6.53. The summed E-state index contributed by atoms with van der Waals surface area (Å²) in [6.07, 6.45) is 9.29. The van der Waals surface area contributed by atoms with Gasteiger partial charge in [0.1, 0.15) is 0 Å². The molecule has 1 heterocycles. The lowest BCUT2D eigenvalue weighted by atomic mass is 9.53. The van der Waals surface area contributed by atoms with E-state index in [0.29, 0.717) is 0 Å². The van der Waals surface area contributed by atoms with E-state index in [1.165, 1.54) is 43.5 Å². The van der Waals surface area contributed by atoms with Crippen LogP contribution < -0.4 is 4.72 Å². The van der Waals surface area contributed by atoms with Gasteiger partial charge in [-0.2, -0.15) is 5.10 Å². The number of non-ortho nitro benzene ring substituents is 1. The van der Waals surface area contributed by atoms with Crippen LogP contribution in [0.15, 0.2) is 41.4 Å². The molecule has 8 nitrogen and oxygen atoms in total. The molecule has 0 saturated heterocycles. The summed E-state index contributed by atoms with van der Waals surface area (Å²) in [5, 5.41) is 15.3. The average Bonchev–Trinajstić information content (AvgIpc) is 3.09. The van der Waals surface area contributed by atoms with Crippen molar-refractivity contribution in [3.05, 3.63) is 46.6 Å². The van der Waals surface area contributed by atoms with Crippen molar-refractivity contribution in [1.82, 2.24) is 9.78 Å². The fraction of sp³-hybridized carbons (Fsp3) is 0.526. The fourth-order valence-electron chi connectivity index (χ4n) is 5.93. The topological polar surface area (TPSA) is 107 Å². The van der Waals surface area contributed by atoms with Crippen molar-refractivity contribution in [1.29, 1.82) is 0 Å². The van der Waals surface area contributed by atoms with E-state index in [2.05, 4.69) is 9.82 Å². The Labute approximate surface area is 163 Å². The number of nitro benzene ring substituents is 1. The summed E-state index contributed by atoms with van der Waals surface area (Å²) in [6.45, 7) is 0. The molecule has 0 unspecified atom stereocenters. The first-order valence-corrected chi connectivity index (χ1v) is 11.1. The number of nitrogens with one attached hydrogen (secondary N) is 1.